The van der Waals surface area contributed by atoms with Gasteiger partial charge in [-0.2, -0.15) is 0 Å². The summed E-state index contributed by atoms with van der Waals surface area (Å²) in [7, 11) is 1.73. The summed E-state index contributed by atoms with van der Waals surface area (Å²) in [5.74, 6) is 1.86. The zero-order valence-electron chi connectivity index (χ0n) is 14.3. The first-order valence-electron chi connectivity index (χ1n) is 8.26. The van der Waals surface area contributed by atoms with Crippen LogP contribution in [0.4, 0.5) is 5.95 Å². The van der Waals surface area contributed by atoms with Gasteiger partial charge >= 0.3 is 0 Å². The molecule has 0 radical (unpaired) electrons. The molecule has 2 aromatic rings. The van der Waals surface area contributed by atoms with E-state index in [-0.39, 0.29) is 0 Å². The fourth-order valence-electron chi connectivity index (χ4n) is 2.68. The number of benzene rings is 1. The third-order valence-electron chi connectivity index (χ3n) is 3.89. The van der Waals surface area contributed by atoms with Crippen molar-refractivity contribution < 1.29 is 9.47 Å². The van der Waals surface area contributed by atoms with Crippen molar-refractivity contribution in [1.29, 1.82) is 0 Å². The number of nitrogens with zero attached hydrogens (tertiary/aromatic N) is 4. The van der Waals surface area contributed by atoms with Crippen LogP contribution in [-0.2, 0) is 9.47 Å². The fraction of sp³-hybridized carbons (Fsp3) is 0.529. The van der Waals surface area contributed by atoms with Gasteiger partial charge in [-0.05, 0) is 31.0 Å². The molecule has 0 aliphatic carbocycles. The molecule has 130 valence electrons. The number of methoxy groups -OCH3 is 1. The van der Waals surface area contributed by atoms with Crippen molar-refractivity contribution in [3.63, 3.8) is 0 Å². The number of hydrogen-bond acceptors (Lipinski definition) is 6. The SMILES string of the molecule is COCCCSc1nnc(N2CCOCC2)n1-c1cccc(C)c1. The van der Waals surface area contributed by atoms with E-state index in [4.69, 9.17) is 9.47 Å². The van der Waals surface area contributed by atoms with Gasteiger partial charge in [0.05, 0.1) is 18.9 Å². The maximum Gasteiger partial charge on any atom is 0.232 e. The maximum atomic E-state index is 5.47. The molecule has 1 aromatic heterocycles. The van der Waals surface area contributed by atoms with E-state index >= 15 is 0 Å². The van der Waals surface area contributed by atoms with Crippen molar-refractivity contribution in [2.24, 2.45) is 0 Å². The van der Waals surface area contributed by atoms with Gasteiger partial charge in [0.1, 0.15) is 0 Å². The van der Waals surface area contributed by atoms with Crippen LogP contribution in [0, 0.1) is 6.92 Å². The lowest BCUT2D eigenvalue weighted by Gasteiger charge is -2.28. The quantitative estimate of drug-likeness (QED) is 0.566. The Bertz CT molecular complexity index is 656. The summed E-state index contributed by atoms with van der Waals surface area (Å²) in [5.41, 5.74) is 2.33. The molecule has 2 heterocycles. The van der Waals surface area contributed by atoms with Crippen molar-refractivity contribution in [2.75, 3.05) is 50.7 Å². The van der Waals surface area contributed by atoms with E-state index in [9.17, 15) is 0 Å². The van der Waals surface area contributed by atoms with E-state index in [0.29, 0.717) is 0 Å². The lowest BCUT2D eigenvalue weighted by atomic mass is 10.2. The van der Waals surface area contributed by atoms with Gasteiger partial charge in [-0.1, -0.05) is 23.9 Å². The van der Waals surface area contributed by atoms with Gasteiger partial charge in [0.15, 0.2) is 5.16 Å². The molecule has 1 aliphatic rings. The molecule has 0 unspecified atom stereocenters. The van der Waals surface area contributed by atoms with Crippen molar-refractivity contribution >= 4 is 17.7 Å². The second kappa shape index (κ2) is 8.50. The van der Waals surface area contributed by atoms with Gasteiger partial charge < -0.3 is 14.4 Å². The Morgan fingerprint density at radius 1 is 1.25 bits per heavy atom. The Labute approximate surface area is 147 Å². The van der Waals surface area contributed by atoms with E-state index in [1.54, 1.807) is 18.9 Å². The maximum absolute atomic E-state index is 5.47. The number of rotatable bonds is 7. The topological polar surface area (TPSA) is 52.4 Å². The summed E-state index contributed by atoms with van der Waals surface area (Å²) in [4.78, 5) is 2.25. The lowest BCUT2D eigenvalue weighted by molar-refractivity contribution is 0.122. The smallest absolute Gasteiger partial charge is 0.232 e. The summed E-state index contributed by atoms with van der Waals surface area (Å²) in [5, 5.41) is 9.85. The Kier molecular flexibility index (Phi) is 6.12. The number of thioether (sulfide) groups is 1. The molecule has 0 N–H and O–H groups in total. The molecule has 0 atom stereocenters. The molecule has 1 saturated heterocycles. The highest BCUT2D eigenvalue weighted by atomic mass is 32.2. The van der Waals surface area contributed by atoms with Crippen LogP contribution in [0.5, 0.6) is 0 Å². The van der Waals surface area contributed by atoms with E-state index in [1.807, 2.05) is 0 Å². The van der Waals surface area contributed by atoms with E-state index in [0.717, 1.165) is 61.9 Å². The molecule has 6 nitrogen and oxygen atoms in total. The number of aromatic nitrogens is 3. The van der Waals surface area contributed by atoms with Crippen LogP contribution in [0.3, 0.4) is 0 Å². The van der Waals surface area contributed by atoms with Gasteiger partial charge in [-0.25, -0.2) is 0 Å². The number of ether oxygens (including phenoxy) is 2. The predicted molar refractivity (Wildman–Crippen MR) is 96.3 cm³/mol. The fourth-order valence-corrected chi connectivity index (χ4v) is 3.54. The van der Waals surface area contributed by atoms with Gasteiger partial charge in [-0.3, -0.25) is 4.57 Å². The standard InChI is InChI=1S/C17H24N4O2S/c1-14-5-3-6-15(13-14)21-16(20-7-10-23-11-8-20)18-19-17(21)24-12-4-9-22-2/h3,5-6,13H,4,7-12H2,1-2H3. The largest absolute Gasteiger partial charge is 0.385 e. The summed E-state index contributed by atoms with van der Waals surface area (Å²) in [6.07, 6.45) is 0.995. The van der Waals surface area contributed by atoms with Gasteiger partial charge in [0.2, 0.25) is 5.95 Å². The Balaban J connectivity index is 1.89. The zero-order chi connectivity index (χ0) is 16.8. The summed E-state index contributed by atoms with van der Waals surface area (Å²) >= 11 is 1.72. The molecular weight excluding hydrogens is 324 g/mol. The second-order valence-electron chi connectivity index (χ2n) is 5.75. The average molecular weight is 348 g/mol. The van der Waals surface area contributed by atoms with Crippen LogP contribution in [0.2, 0.25) is 0 Å². The van der Waals surface area contributed by atoms with Crippen molar-refractivity contribution in [2.45, 2.75) is 18.5 Å². The summed E-state index contributed by atoms with van der Waals surface area (Å²) in [6.45, 7) is 6.03. The van der Waals surface area contributed by atoms with Gasteiger partial charge in [0, 0.05) is 32.6 Å². The molecule has 0 amide bonds. The minimum Gasteiger partial charge on any atom is -0.385 e. The number of morpholine rings is 1. The third kappa shape index (κ3) is 4.09. The monoisotopic (exact) mass is 348 g/mol. The molecule has 1 aliphatic heterocycles. The van der Waals surface area contributed by atoms with Crippen LogP contribution in [0.25, 0.3) is 5.69 Å². The number of hydrogen-bond donors (Lipinski definition) is 0. The van der Waals surface area contributed by atoms with E-state index < -0.39 is 0 Å². The predicted octanol–water partition coefficient (Wildman–Crippen LogP) is 2.54. The molecule has 7 heteroatoms. The molecule has 24 heavy (non-hydrogen) atoms. The first kappa shape index (κ1) is 17.3. The molecule has 1 aromatic carbocycles. The minimum absolute atomic E-state index is 0.733. The van der Waals surface area contributed by atoms with Crippen LogP contribution < -0.4 is 4.90 Å². The highest BCUT2D eigenvalue weighted by molar-refractivity contribution is 7.99. The molecule has 3 rings (SSSR count). The first-order valence-corrected chi connectivity index (χ1v) is 9.25. The van der Waals surface area contributed by atoms with E-state index in [1.165, 1.54) is 5.56 Å². The summed E-state index contributed by atoms with van der Waals surface area (Å²) in [6, 6.07) is 8.47. The second-order valence-corrected chi connectivity index (χ2v) is 6.81. The Hall–Kier alpha value is -1.57. The summed E-state index contributed by atoms with van der Waals surface area (Å²) < 4.78 is 12.8. The number of anilines is 1. The number of aryl methyl sites for hydroxylation is 1. The molecule has 0 bridgehead atoms. The molecule has 0 saturated carbocycles. The van der Waals surface area contributed by atoms with Crippen molar-refractivity contribution in [3.05, 3.63) is 29.8 Å². The normalized spacial score (nSPS) is 15.0. The van der Waals surface area contributed by atoms with Crippen LogP contribution in [0.15, 0.2) is 29.4 Å². The van der Waals surface area contributed by atoms with Crippen molar-refractivity contribution in [3.8, 4) is 5.69 Å². The van der Waals surface area contributed by atoms with Crippen molar-refractivity contribution in [1.82, 2.24) is 14.8 Å². The first-order chi connectivity index (χ1) is 11.8. The highest BCUT2D eigenvalue weighted by Crippen LogP contribution is 2.27. The van der Waals surface area contributed by atoms with E-state index in [2.05, 4.69) is 50.9 Å². The zero-order valence-corrected chi connectivity index (χ0v) is 15.1. The Morgan fingerprint density at radius 2 is 2.08 bits per heavy atom. The van der Waals surface area contributed by atoms with Crippen LogP contribution in [-0.4, -0.2) is 60.5 Å². The molecule has 0 spiro atoms. The molecular formula is C17H24N4O2S. The van der Waals surface area contributed by atoms with Crippen LogP contribution in [0.1, 0.15) is 12.0 Å². The Morgan fingerprint density at radius 3 is 2.83 bits per heavy atom. The lowest BCUT2D eigenvalue weighted by Crippen LogP contribution is -2.37. The highest BCUT2D eigenvalue weighted by Gasteiger charge is 2.21. The minimum atomic E-state index is 0.733. The van der Waals surface area contributed by atoms with Crippen LogP contribution >= 0.6 is 11.8 Å². The van der Waals surface area contributed by atoms with Gasteiger partial charge in [0.25, 0.3) is 0 Å². The van der Waals surface area contributed by atoms with Gasteiger partial charge in [-0.15, -0.1) is 10.2 Å². The molecule has 1 fully saturated rings. The average Bonchev–Trinajstić information content (AvgIpc) is 3.03. The third-order valence-corrected chi connectivity index (χ3v) is 4.91.